The van der Waals surface area contributed by atoms with Gasteiger partial charge in [0, 0.05) is 18.4 Å². The lowest BCUT2D eigenvalue weighted by molar-refractivity contribution is -0.126. The van der Waals surface area contributed by atoms with E-state index in [4.69, 9.17) is 4.74 Å². The highest BCUT2D eigenvalue weighted by molar-refractivity contribution is 5.87. The predicted molar refractivity (Wildman–Crippen MR) is 67.3 cm³/mol. The number of ketones is 1. The van der Waals surface area contributed by atoms with E-state index in [1.165, 1.54) is 0 Å². The molecule has 92 valence electrons. The quantitative estimate of drug-likeness (QED) is 0.862. The number of benzene rings is 1. The molecular formula is C14H19NO2. The van der Waals surface area contributed by atoms with E-state index in [2.05, 4.69) is 12.2 Å². The molecule has 1 aromatic rings. The van der Waals surface area contributed by atoms with Gasteiger partial charge in [0.25, 0.3) is 0 Å². The lowest BCUT2D eigenvalue weighted by Gasteiger charge is -2.20. The highest BCUT2D eigenvalue weighted by Crippen LogP contribution is 2.27. The molecule has 0 bridgehead atoms. The van der Waals surface area contributed by atoms with Gasteiger partial charge < -0.3 is 10.1 Å². The van der Waals surface area contributed by atoms with Crippen LogP contribution in [-0.4, -0.2) is 26.0 Å². The first-order valence-electron chi connectivity index (χ1n) is 6.01. The van der Waals surface area contributed by atoms with Crippen molar-refractivity contribution in [2.45, 2.75) is 19.8 Å². The topological polar surface area (TPSA) is 38.3 Å². The molecule has 0 saturated carbocycles. The van der Waals surface area contributed by atoms with Crippen molar-refractivity contribution >= 4 is 5.78 Å². The van der Waals surface area contributed by atoms with Crippen molar-refractivity contribution in [1.82, 2.24) is 5.32 Å². The van der Waals surface area contributed by atoms with Crippen LogP contribution in [-0.2, 0) is 11.2 Å². The predicted octanol–water partition coefficient (Wildman–Crippen LogP) is 1.81. The second kappa shape index (κ2) is 4.88. The maximum atomic E-state index is 12.3. The highest BCUT2D eigenvalue weighted by atomic mass is 16.5. The fourth-order valence-electron chi connectivity index (χ4n) is 2.24. The summed E-state index contributed by atoms with van der Waals surface area (Å²) in [6.07, 6.45) is 1.44. The van der Waals surface area contributed by atoms with Crippen LogP contribution in [0.15, 0.2) is 24.3 Å². The number of rotatable bonds is 4. The van der Waals surface area contributed by atoms with E-state index in [9.17, 15) is 4.79 Å². The molecule has 1 fully saturated rings. The van der Waals surface area contributed by atoms with Crippen molar-refractivity contribution in [3.05, 3.63) is 29.8 Å². The summed E-state index contributed by atoms with van der Waals surface area (Å²) in [5.74, 6) is 1.13. The Balaban J connectivity index is 2.07. The number of hydrogen-bond donors (Lipinski definition) is 1. The highest BCUT2D eigenvalue weighted by Gasteiger charge is 2.35. The fourth-order valence-corrected chi connectivity index (χ4v) is 2.24. The van der Waals surface area contributed by atoms with Crippen molar-refractivity contribution < 1.29 is 9.53 Å². The first-order chi connectivity index (χ1) is 8.14. The van der Waals surface area contributed by atoms with Gasteiger partial charge in [0.2, 0.25) is 0 Å². The van der Waals surface area contributed by atoms with Crippen LogP contribution in [0.3, 0.4) is 0 Å². The molecule has 1 aromatic carbocycles. The van der Waals surface area contributed by atoms with E-state index >= 15 is 0 Å². The lowest BCUT2D eigenvalue weighted by atomic mass is 9.82. The fraction of sp³-hybridized carbons (Fsp3) is 0.500. The van der Waals surface area contributed by atoms with Crippen LogP contribution in [0.2, 0.25) is 0 Å². The SMILES string of the molecule is COc1cccc(CC(=O)C2(C)CCNC2)c1. The average molecular weight is 233 g/mol. The van der Waals surface area contributed by atoms with Crippen molar-refractivity contribution in [2.75, 3.05) is 20.2 Å². The number of hydrogen-bond acceptors (Lipinski definition) is 3. The maximum Gasteiger partial charge on any atom is 0.144 e. The van der Waals surface area contributed by atoms with Gasteiger partial charge in [-0.3, -0.25) is 4.79 Å². The second-order valence-electron chi connectivity index (χ2n) is 4.94. The first kappa shape index (κ1) is 12.1. The molecule has 1 atom stereocenters. The van der Waals surface area contributed by atoms with Crippen molar-refractivity contribution in [3.63, 3.8) is 0 Å². The minimum absolute atomic E-state index is 0.191. The molecule has 1 saturated heterocycles. The average Bonchev–Trinajstić information content (AvgIpc) is 2.78. The minimum atomic E-state index is -0.191. The van der Waals surface area contributed by atoms with Crippen LogP contribution >= 0.6 is 0 Å². The van der Waals surface area contributed by atoms with Crippen molar-refractivity contribution in [1.29, 1.82) is 0 Å². The lowest BCUT2D eigenvalue weighted by Crippen LogP contribution is -2.31. The summed E-state index contributed by atoms with van der Waals surface area (Å²) in [4.78, 5) is 12.3. The molecule has 17 heavy (non-hydrogen) atoms. The van der Waals surface area contributed by atoms with E-state index in [1.54, 1.807) is 7.11 Å². The van der Waals surface area contributed by atoms with Crippen molar-refractivity contribution in [2.24, 2.45) is 5.41 Å². The van der Waals surface area contributed by atoms with Gasteiger partial charge in [-0.25, -0.2) is 0 Å². The Bertz CT molecular complexity index is 408. The molecule has 0 aliphatic carbocycles. The zero-order chi connectivity index (χ0) is 12.3. The molecule has 0 radical (unpaired) electrons. The zero-order valence-electron chi connectivity index (χ0n) is 10.5. The van der Waals surface area contributed by atoms with Gasteiger partial charge in [-0.1, -0.05) is 19.1 Å². The number of methoxy groups -OCH3 is 1. The second-order valence-corrected chi connectivity index (χ2v) is 4.94. The summed E-state index contributed by atoms with van der Waals surface area (Å²) in [6, 6.07) is 7.74. The Hall–Kier alpha value is -1.35. The maximum absolute atomic E-state index is 12.3. The summed E-state index contributed by atoms with van der Waals surface area (Å²) in [5, 5.41) is 3.26. The molecule has 0 aromatic heterocycles. The number of ether oxygens (including phenoxy) is 1. The zero-order valence-corrected chi connectivity index (χ0v) is 10.5. The molecule has 1 aliphatic rings. The van der Waals surface area contributed by atoms with Crippen LogP contribution in [0.1, 0.15) is 18.9 Å². The molecule has 0 amide bonds. The van der Waals surface area contributed by atoms with Gasteiger partial charge >= 0.3 is 0 Å². The number of nitrogens with one attached hydrogen (secondary N) is 1. The van der Waals surface area contributed by atoms with Crippen LogP contribution < -0.4 is 10.1 Å². The largest absolute Gasteiger partial charge is 0.497 e. The molecule has 1 N–H and O–H groups in total. The van der Waals surface area contributed by atoms with E-state index in [0.717, 1.165) is 30.8 Å². The Morgan fingerprint density at radius 3 is 3.00 bits per heavy atom. The Labute approximate surface area is 102 Å². The Morgan fingerprint density at radius 1 is 1.53 bits per heavy atom. The summed E-state index contributed by atoms with van der Waals surface area (Å²) in [5.41, 5.74) is 0.839. The minimum Gasteiger partial charge on any atom is -0.497 e. The third kappa shape index (κ3) is 2.67. The molecule has 3 heteroatoms. The Kier molecular flexibility index (Phi) is 3.48. The molecule has 1 heterocycles. The van der Waals surface area contributed by atoms with E-state index in [-0.39, 0.29) is 5.41 Å². The number of carbonyl (C=O) groups is 1. The van der Waals surface area contributed by atoms with E-state index in [1.807, 2.05) is 24.3 Å². The number of Topliss-reactive ketones (excluding diaryl/α,β-unsaturated/α-hetero) is 1. The summed E-state index contributed by atoms with van der Waals surface area (Å²) >= 11 is 0. The molecule has 2 rings (SSSR count). The van der Waals surface area contributed by atoms with E-state index < -0.39 is 0 Å². The Morgan fingerprint density at radius 2 is 2.35 bits per heavy atom. The number of carbonyl (C=O) groups excluding carboxylic acids is 1. The monoisotopic (exact) mass is 233 g/mol. The van der Waals surface area contributed by atoms with Gasteiger partial charge in [0.1, 0.15) is 11.5 Å². The van der Waals surface area contributed by atoms with Crippen LogP contribution in [0.4, 0.5) is 0 Å². The third-order valence-electron chi connectivity index (χ3n) is 3.54. The van der Waals surface area contributed by atoms with Crippen molar-refractivity contribution in [3.8, 4) is 5.75 Å². The summed E-state index contributed by atoms with van der Waals surface area (Å²) < 4.78 is 5.16. The molecule has 1 aliphatic heterocycles. The van der Waals surface area contributed by atoms with Gasteiger partial charge in [0.15, 0.2) is 0 Å². The molecule has 3 nitrogen and oxygen atoms in total. The standard InChI is InChI=1S/C14H19NO2/c1-14(6-7-15-10-14)13(16)9-11-4-3-5-12(8-11)17-2/h3-5,8,15H,6-7,9-10H2,1-2H3. The van der Waals surface area contributed by atoms with Gasteiger partial charge in [-0.2, -0.15) is 0 Å². The first-order valence-corrected chi connectivity index (χ1v) is 6.01. The van der Waals surface area contributed by atoms with Gasteiger partial charge in [-0.15, -0.1) is 0 Å². The van der Waals surface area contributed by atoms with Gasteiger partial charge in [0.05, 0.1) is 7.11 Å². The van der Waals surface area contributed by atoms with Crippen LogP contribution in [0.25, 0.3) is 0 Å². The van der Waals surface area contributed by atoms with E-state index in [0.29, 0.717) is 12.2 Å². The normalized spacial score (nSPS) is 23.6. The molecule has 0 spiro atoms. The summed E-state index contributed by atoms with van der Waals surface area (Å²) in [6.45, 7) is 3.80. The van der Waals surface area contributed by atoms with Crippen LogP contribution in [0.5, 0.6) is 5.75 Å². The molecule has 1 unspecified atom stereocenters. The smallest absolute Gasteiger partial charge is 0.144 e. The third-order valence-corrected chi connectivity index (χ3v) is 3.54. The van der Waals surface area contributed by atoms with Crippen LogP contribution in [0, 0.1) is 5.41 Å². The molecular weight excluding hydrogens is 214 g/mol. The summed E-state index contributed by atoms with van der Waals surface area (Å²) in [7, 11) is 1.64. The van der Waals surface area contributed by atoms with Gasteiger partial charge in [-0.05, 0) is 30.7 Å².